The molecule has 0 atom stereocenters. The van der Waals surface area contributed by atoms with Gasteiger partial charge in [0.2, 0.25) is 5.75 Å². The van der Waals surface area contributed by atoms with Gasteiger partial charge in [-0.15, -0.1) is 11.3 Å². The lowest BCUT2D eigenvalue weighted by Gasteiger charge is -2.35. The van der Waals surface area contributed by atoms with E-state index < -0.39 is 10.0 Å². The Labute approximate surface area is 241 Å². The lowest BCUT2D eigenvalue weighted by Crippen LogP contribution is -2.49. The Balaban J connectivity index is 1.23. The summed E-state index contributed by atoms with van der Waals surface area (Å²) >= 11 is 7.37. The topological polar surface area (TPSA) is 97.6 Å². The second-order valence-corrected chi connectivity index (χ2v) is 14.1. The summed E-state index contributed by atoms with van der Waals surface area (Å²) in [4.78, 5) is 20.7. The third-order valence-electron chi connectivity index (χ3n) is 7.31. The normalized spacial score (nSPS) is 17.1. The first kappa shape index (κ1) is 26.9. The molecule has 0 bridgehead atoms. The molecule has 208 valence electrons. The number of aromatic nitrogens is 3. The monoisotopic (exact) mass is 597 g/mol. The van der Waals surface area contributed by atoms with Crippen molar-refractivity contribution >= 4 is 38.6 Å². The number of nitrogens with zero attached hydrogens (tertiary/aromatic N) is 5. The van der Waals surface area contributed by atoms with Crippen LogP contribution in [0.25, 0.3) is 16.3 Å². The molecule has 40 heavy (non-hydrogen) atoms. The summed E-state index contributed by atoms with van der Waals surface area (Å²) in [7, 11) is -3.67. The number of anilines is 1. The number of pyridine rings is 1. The third kappa shape index (κ3) is 5.38. The van der Waals surface area contributed by atoms with E-state index in [9.17, 15) is 13.2 Å². The van der Waals surface area contributed by atoms with Crippen molar-refractivity contribution in [3.05, 3.63) is 82.4 Å². The van der Waals surface area contributed by atoms with Crippen LogP contribution in [-0.4, -0.2) is 60.3 Å². The van der Waals surface area contributed by atoms with Gasteiger partial charge in [0.25, 0.3) is 10.0 Å². The fourth-order valence-corrected chi connectivity index (χ4v) is 7.63. The van der Waals surface area contributed by atoms with Crippen molar-refractivity contribution in [1.82, 2.24) is 19.1 Å². The van der Waals surface area contributed by atoms with Gasteiger partial charge in [-0.05, 0) is 55.3 Å². The van der Waals surface area contributed by atoms with E-state index >= 15 is 0 Å². The second kappa shape index (κ2) is 10.6. The highest BCUT2D eigenvalue weighted by molar-refractivity contribution is 7.91. The van der Waals surface area contributed by atoms with E-state index in [1.807, 2.05) is 23.1 Å². The van der Waals surface area contributed by atoms with Crippen LogP contribution in [0.4, 0.5) is 5.69 Å². The van der Waals surface area contributed by atoms with Gasteiger partial charge in [-0.3, -0.25) is 9.78 Å². The van der Waals surface area contributed by atoms with Crippen molar-refractivity contribution in [2.24, 2.45) is 5.41 Å². The number of hydrogen-bond acceptors (Lipinski definition) is 8. The molecule has 0 amide bonds. The van der Waals surface area contributed by atoms with Gasteiger partial charge in [0.05, 0.1) is 29.1 Å². The molecule has 1 aliphatic heterocycles. The molecule has 9 nitrogen and oxygen atoms in total. The summed E-state index contributed by atoms with van der Waals surface area (Å²) in [6.07, 6.45) is 5.41. The van der Waals surface area contributed by atoms with Gasteiger partial charge in [0, 0.05) is 42.8 Å². The summed E-state index contributed by atoms with van der Waals surface area (Å²) in [6, 6.07) is 15.9. The quantitative estimate of drug-likeness (QED) is 0.290. The Morgan fingerprint density at radius 2 is 1.85 bits per heavy atom. The van der Waals surface area contributed by atoms with Crippen molar-refractivity contribution in [2.45, 2.75) is 24.0 Å². The van der Waals surface area contributed by atoms with Gasteiger partial charge in [0.15, 0.2) is 0 Å². The maximum absolute atomic E-state index is 13.6. The highest BCUT2D eigenvalue weighted by Gasteiger charge is 2.39. The van der Waals surface area contributed by atoms with E-state index in [1.165, 1.54) is 20.3 Å². The van der Waals surface area contributed by atoms with Crippen LogP contribution in [0.15, 0.2) is 76.0 Å². The van der Waals surface area contributed by atoms with E-state index in [0.717, 1.165) is 23.4 Å². The molecule has 0 N–H and O–H groups in total. The summed E-state index contributed by atoms with van der Waals surface area (Å²) in [5.74, 6) is 0.220. The molecule has 1 saturated heterocycles. The summed E-state index contributed by atoms with van der Waals surface area (Å²) < 4.78 is 36.1. The molecule has 2 fully saturated rings. The van der Waals surface area contributed by atoms with Crippen molar-refractivity contribution in [2.75, 3.05) is 37.7 Å². The molecule has 1 aromatic carbocycles. The minimum atomic E-state index is -3.67. The summed E-state index contributed by atoms with van der Waals surface area (Å²) in [5, 5.41) is 4.92. The fourth-order valence-electron chi connectivity index (χ4n) is 4.59. The van der Waals surface area contributed by atoms with Crippen LogP contribution in [0.1, 0.15) is 19.8 Å². The average molecular weight is 598 g/mol. The summed E-state index contributed by atoms with van der Waals surface area (Å²) in [5.41, 5.74) is 1.54. The first-order valence-corrected chi connectivity index (χ1v) is 15.6. The fraction of sp³-hybridized carbons (Fsp3) is 0.321. The molecule has 0 spiro atoms. The van der Waals surface area contributed by atoms with Crippen LogP contribution >= 0.6 is 22.9 Å². The number of halogens is 1. The van der Waals surface area contributed by atoms with E-state index in [-0.39, 0.29) is 34.0 Å². The average Bonchev–Trinajstić information content (AvgIpc) is 3.48. The number of benzene rings is 1. The summed E-state index contributed by atoms with van der Waals surface area (Å²) in [6.45, 7) is 3.90. The van der Waals surface area contributed by atoms with Gasteiger partial charge >= 0.3 is 5.56 Å². The zero-order chi connectivity index (χ0) is 27.9. The van der Waals surface area contributed by atoms with E-state index in [0.29, 0.717) is 36.1 Å². The highest BCUT2D eigenvalue weighted by Crippen LogP contribution is 2.45. The maximum atomic E-state index is 13.6. The second-order valence-electron chi connectivity index (χ2n) is 10.4. The minimum Gasteiger partial charge on any atom is -0.486 e. The van der Waals surface area contributed by atoms with Gasteiger partial charge in [-0.1, -0.05) is 30.7 Å². The predicted octanol–water partition coefficient (Wildman–Crippen LogP) is 4.70. The number of piperazine rings is 1. The largest absolute Gasteiger partial charge is 0.486 e. The Bertz CT molecular complexity index is 1700. The Hall–Kier alpha value is -3.25. The molecule has 1 aliphatic carbocycles. The van der Waals surface area contributed by atoms with Gasteiger partial charge in [-0.2, -0.15) is 14.1 Å². The van der Waals surface area contributed by atoms with Gasteiger partial charge < -0.3 is 9.64 Å². The van der Waals surface area contributed by atoms with Crippen molar-refractivity contribution < 1.29 is 13.2 Å². The smallest absolute Gasteiger partial charge is 0.316 e. The number of sulfonamides is 1. The lowest BCUT2D eigenvalue weighted by atomic mass is 10.2. The Morgan fingerprint density at radius 3 is 2.55 bits per heavy atom. The molecule has 6 rings (SSSR count). The molecule has 4 aromatic rings. The van der Waals surface area contributed by atoms with Crippen LogP contribution in [0, 0.1) is 5.41 Å². The first-order valence-electron chi connectivity index (χ1n) is 13.0. The van der Waals surface area contributed by atoms with Crippen molar-refractivity contribution in [3.63, 3.8) is 0 Å². The molecular weight excluding hydrogens is 570 g/mol. The molecule has 12 heteroatoms. The van der Waals surface area contributed by atoms with Crippen LogP contribution in [0.3, 0.4) is 0 Å². The van der Waals surface area contributed by atoms with E-state index in [4.69, 9.17) is 16.3 Å². The molecule has 2 aliphatic rings. The van der Waals surface area contributed by atoms with Crippen molar-refractivity contribution in [3.8, 4) is 22.0 Å². The first-order chi connectivity index (χ1) is 19.2. The van der Waals surface area contributed by atoms with E-state index in [2.05, 4.69) is 17.0 Å². The van der Waals surface area contributed by atoms with Crippen LogP contribution in [-0.2, 0) is 10.0 Å². The molecular formula is C28H28ClN5O4S2. The van der Waals surface area contributed by atoms with Crippen molar-refractivity contribution in [1.29, 1.82) is 0 Å². The molecule has 1 saturated carbocycles. The number of rotatable bonds is 8. The number of thiophene rings is 1. The Kier molecular flexibility index (Phi) is 7.16. The van der Waals surface area contributed by atoms with Gasteiger partial charge in [0.1, 0.15) is 9.90 Å². The third-order valence-corrected chi connectivity index (χ3v) is 11.0. The van der Waals surface area contributed by atoms with Crippen LogP contribution in [0.5, 0.6) is 5.75 Å². The van der Waals surface area contributed by atoms with Crippen LogP contribution < -0.4 is 15.2 Å². The zero-order valence-corrected chi connectivity index (χ0v) is 24.3. The SMILES string of the molecule is CC1(COc2c(N3CCN(S(=O)(=O)c4ccc(-c5ccccn5)s4)CC3)cnn(-c3cccc(Cl)c3)c2=O)CC1. The number of ether oxygens (including phenoxy) is 1. The van der Waals surface area contributed by atoms with Crippen LogP contribution in [0.2, 0.25) is 5.02 Å². The molecule has 3 aromatic heterocycles. The molecule has 0 radical (unpaired) electrons. The molecule has 0 unspecified atom stereocenters. The highest BCUT2D eigenvalue weighted by atomic mass is 35.5. The number of hydrogen-bond donors (Lipinski definition) is 0. The van der Waals surface area contributed by atoms with Gasteiger partial charge in [-0.25, -0.2) is 8.42 Å². The van der Waals surface area contributed by atoms with E-state index in [1.54, 1.807) is 48.8 Å². The minimum absolute atomic E-state index is 0.0650. The lowest BCUT2D eigenvalue weighted by molar-refractivity contribution is 0.242. The maximum Gasteiger partial charge on any atom is 0.316 e. The zero-order valence-electron chi connectivity index (χ0n) is 21.9. The predicted molar refractivity (Wildman–Crippen MR) is 156 cm³/mol. The standard InChI is InChI=1S/C28H28ClN5O4S2/c1-28(10-11-28)19-38-26-23(18-31-34(27(26)35)21-6-4-5-20(29)17-21)32-13-15-33(16-14-32)40(36,37)25-9-8-24(39-25)22-7-2-3-12-30-22/h2-9,12,17-18H,10-11,13-16,19H2,1H3. The Morgan fingerprint density at radius 1 is 1.05 bits per heavy atom. The molecule has 4 heterocycles.